The summed E-state index contributed by atoms with van der Waals surface area (Å²) >= 11 is 0. The molecule has 146 valence electrons. The summed E-state index contributed by atoms with van der Waals surface area (Å²) in [6.07, 6.45) is 4.87. The second kappa shape index (κ2) is 11.2. The third-order valence-corrected chi connectivity index (χ3v) is 3.73. The predicted octanol–water partition coefficient (Wildman–Crippen LogP) is 0.450. The van der Waals surface area contributed by atoms with Crippen LogP contribution in [0.15, 0.2) is 23.8 Å². The zero-order valence-corrected chi connectivity index (χ0v) is 15.1. The van der Waals surface area contributed by atoms with Gasteiger partial charge in [0.2, 0.25) is 11.4 Å². The Morgan fingerprint density at radius 1 is 0.923 bits per heavy atom. The molecule has 0 N–H and O–H groups in total. The molecule has 8 heteroatoms. The normalized spacial score (nSPS) is 27.1. The molecule has 0 radical (unpaired) electrons. The highest BCUT2D eigenvalue weighted by Gasteiger charge is 2.42. The average Bonchev–Trinajstić information content (AvgIpc) is 2.60. The lowest BCUT2D eigenvalue weighted by Gasteiger charge is -2.31. The number of ketones is 1. The first-order valence-electron chi connectivity index (χ1n) is 8.65. The maximum atomic E-state index is 12.8. The van der Waals surface area contributed by atoms with Crippen molar-refractivity contribution in [1.82, 2.24) is 0 Å². The van der Waals surface area contributed by atoms with Gasteiger partial charge in [0, 0.05) is 12.5 Å². The molecule has 1 aliphatic carbocycles. The van der Waals surface area contributed by atoms with Crippen LogP contribution in [0.25, 0.3) is 0 Å². The summed E-state index contributed by atoms with van der Waals surface area (Å²) in [7, 11) is 0. The molecular formula is C18H26O8. The van der Waals surface area contributed by atoms with Crippen molar-refractivity contribution in [3.63, 3.8) is 0 Å². The molecule has 2 aliphatic rings. The van der Waals surface area contributed by atoms with Gasteiger partial charge in [-0.1, -0.05) is 12.2 Å². The van der Waals surface area contributed by atoms with Crippen molar-refractivity contribution in [2.24, 2.45) is 0 Å². The van der Waals surface area contributed by atoms with Crippen LogP contribution in [0, 0.1) is 0 Å². The molecule has 2 bridgehead atoms. The van der Waals surface area contributed by atoms with Crippen molar-refractivity contribution in [3.8, 4) is 0 Å². The Bertz CT molecular complexity index is 527. The summed E-state index contributed by atoms with van der Waals surface area (Å²) in [5.41, 5.74) is -1.05. The van der Waals surface area contributed by atoms with E-state index in [1.807, 2.05) is 0 Å². The van der Waals surface area contributed by atoms with Crippen LogP contribution in [-0.4, -0.2) is 83.4 Å². The largest absolute Gasteiger partial charge is 0.444 e. The highest BCUT2D eigenvalue weighted by atomic mass is 16.6. The lowest BCUT2D eigenvalue weighted by atomic mass is 9.88. The molecule has 1 unspecified atom stereocenters. The number of fused-ring (bicyclic) bond motifs is 2. The summed E-state index contributed by atoms with van der Waals surface area (Å²) < 4.78 is 32.5. The van der Waals surface area contributed by atoms with Crippen molar-refractivity contribution in [1.29, 1.82) is 0 Å². The van der Waals surface area contributed by atoms with Crippen LogP contribution in [0.4, 0.5) is 0 Å². The summed E-state index contributed by atoms with van der Waals surface area (Å²) in [4.78, 5) is 24.4. The van der Waals surface area contributed by atoms with Crippen LogP contribution in [0.2, 0.25) is 0 Å². The fourth-order valence-corrected chi connectivity index (χ4v) is 2.52. The Labute approximate surface area is 153 Å². The molecule has 1 heterocycles. The number of rotatable bonds is 1. The lowest BCUT2D eigenvalue weighted by Crippen LogP contribution is -2.48. The first kappa shape index (κ1) is 20.7. The smallest absolute Gasteiger partial charge is 0.304 e. The van der Waals surface area contributed by atoms with E-state index in [0.29, 0.717) is 51.8 Å². The molecule has 0 aromatic carbocycles. The molecule has 0 amide bonds. The van der Waals surface area contributed by atoms with E-state index in [1.165, 1.54) is 13.0 Å². The van der Waals surface area contributed by atoms with Crippen LogP contribution in [0.5, 0.6) is 0 Å². The van der Waals surface area contributed by atoms with Crippen LogP contribution in [0.3, 0.4) is 0 Å². The SMILES string of the molecule is CC(=O)OC12C=CC=C(COCCOCCOCCOCCOC1)C2=O. The number of Topliss-reactive ketones (excluding diaryl/α,β-unsaturated/α-hetero) is 1. The second-order valence-corrected chi connectivity index (χ2v) is 5.81. The summed E-state index contributed by atoms with van der Waals surface area (Å²) in [5, 5.41) is 0. The van der Waals surface area contributed by atoms with Gasteiger partial charge in [0.1, 0.15) is 0 Å². The average molecular weight is 370 g/mol. The molecule has 1 fully saturated rings. The van der Waals surface area contributed by atoms with E-state index < -0.39 is 11.6 Å². The first-order valence-corrected chi connectivity index (χ1v) is 8.65. The van der Waals surface area contributed by atoms with Gasteiger partial charge in [-0.15, -0.1) is 0 Å². The highest BCUT2D eigenvalue weighted by Crippen LogP contribution is 2.25. The van der Waals surface area contributed by atoms with E-state index in [9.17, 15) is 9.59 Å². The number of carbonyl (C=O) groups excluding carboxylic acids is 2. The molecule has 1 aliphatic heterocycles. The second-order valence-electron chi connectivity index (χ2n) is 5.81. The van der Waals surface area contributed by atoms with E-state index in [-0.39, 0.29) is 25.6 Å². The third-order valence-electron chi connectivity index (χ3n) is 3.73. The van der Waals surface area contributed by atoms with Crippen molar-refractivity contribution in [2.75, 3.05) is 66.1 Å². The third kappa shape index (κ3) is 6.62. The number of hydrogen-bond acceptors (Lipinski definition) is 8. The number of carbonyl (C=O) groups is 2. The fraction of sp³-hybridized carbons (Fsp3) is 0.667. The predicted molar refractivity (Wildman–Crippen MR) is 90.8 cm³/mol. The zero-order chi connectivity index (χ0) is 18.7. The van der Waals surface area contributed by atoms with Crippen molar-refractivity contribution >= 4 is 11.8 Å². The molecule has 0 aromatic heterocycles. The first-order chi connectivity index (χ1) is 12.6. The van der Waals surface area contributed by atoms with Crippen LogP contribution in [-0.2, 0) is 38.0 Å². The quantitative estimate of drug-likeness (QED) is 0.615. The molecular weight excluding hydrogens is 344 g/mol. The molecule has 0 saturated carbocycles. The summed E-state index contributed by atoms with van der Waals surface area (Å²) in [6, 6.07) is 0. The lowest BCUT2D eigenvalue weighted by molar-refractivity contribution is -0.165. The van der Waals surface area contributed by atoms with Gasteiger partial charge in [-0.3, -0.25) is 9.59 Å². The summed E-state index contributed by atoms with van der Waals surface area (Å²) in [5.74, 6) is -0.899. The van der Waals surface area contributed by atoms with Gasteiger partial charge in [0.15, 0.2) is 0 Å². The van der Waals surface area contributed by atoms with Crippen molar-refractivity contribution in [2.45, 2.75) is 12.5 Å². The maximum absolute atomic E-state index is 12.8. The van der Waals surface area contributed by atoms with Gasteiger partial charge in [-0.25, -0.2) is 0 Å². The molecule has 1 saturated heterocycles. The topological polar surface area (TPSA) is 89.5 Å². The van der Waals surface area contributed by atoms with Crippen molar-refractivity contribution in [3.05, 3.63) is 23.8 Å². The van der Waals surface area contributed by atoms with Gasteiger partial charge in [-0.05, 0) is 6.08 Å². The minimum Gasteiger partial charge on any atom is -0.444 e. The Kier molecular flexibility index (Phi) is 8.93. The number of ether oxygens (including phenoxy) is 6. The van der Waals surface area contributed by atoms with E-state index in [4.69, 9.17) is 28.4 Å². The minimum atomic E-state index is -1.47. The highest BCUT2D eigenvalue weighted by molar-refractivity contribution is 6.06. The van der Waals surface area contributed by atoms with Gasteiger partial charge in [0.05, 0.1) is 66.1 Å². The zero-order valence-electron chi connectivity index (χ0n) is 15.1. The molecule has 2 rings (SSSR count). The van der Waals surface area contributed by atoms with E-state index >= 15 is 0 Å². The van der Waals surface area contributed by atoms with E-state index in [1.54, 1.807) is 12.2 Å². The number of hydrogen-bond donors (Lipinski definition) is 0. The van der Waals surface area contributed by atoms with Gasteiger partial charge >= 0.3 is 5.97 Å². The van der Waals surface area contributed by atoms with Gasteiger partial charge < -0.3 is 28.4 Å². The number of esters is 1. The standard InChI is InChI=1S/C18H26O8/c1-15(19)26-18-4-2-3-16(17(18)20)13-24-11-9-22-7-5-21-6-8-23-10-12-25-14-18/h2-4H,5-14H2,1H3. The summed E-state index contributed by atoms with van der Waals surface area (Å²) in [6.45, 7) is 4.49. The van der Waals surface area contributed by atoms with Crippen LogP contribution < -0.4 is 0 Å². The Hall–Kier alpha value is -1.58. The van der Waals surface area contributed by atoms with Gasteiger partial charge in [0.25, 0.3) is 0 Å². The molecule has 0 aromatic rings. The fourth-order valence-electron chi connectivity index (χ4n) is 2.52. The Morgan fingerprint density at radius 3 is 2.04 bits per heavy atom. The molecule has 26 heavy (non-hydrogen) atoms. The molecule has 8 nitrogen and oxygen atoms in total. The van der Waals surface area contributed by atoms with Crippen LogP contribution in [0.1, 0.15) is 6.92 Å². The maximum Gasteiger partial charge on any atom is 0.304 e. The number of allylic oxidation sites excluding steroid dienone is 2. The van der Waals surface area contributed by atoms with E-state index in [2.05, 4.69) is 0 Å². The monoisotopic (exact) mass is 370 g/mol. The van der Waals surface area contributed by atoms with E-state index in [0.717, 1.165) is 0 Å². The Morgan fingerprint density at radius 2 is 1.46 bits per heavy atom. The van der Waals surface area contributed by atoms with Crippen molar-refractivity contribution < 1.29 is 38.0 Å². The Balaban J connectivity index is 2.01. The van der Waals surface area contributed by atoms with Gasteiger partial charge in [-0.2, -0.15) is 0 Å². The molecule has 1 atom stereocenters. The minimum absolute atomic E-state index is 0.0811. The van der Waals surface area contributed by atoms with Crippen LogP contribution >= 0.6 is 0 Å². The molecule has 0 spiro atoms.